The smallest absolute Gasteiger partial charge is 0.188 e. The van der Waals surface area contributed by atoms with Crippen LogP contribution in [0.25, 0.3) is 0 Å². The van der Waals surface area contributed by atoms with Crippen LogP contribution in [0.2, 0.25) is 0 Å². The first kappa shape index (κ1) is 18.0. The number of aliphatic imine (C=N–C) groups is 1. The summed E-state index contributed by atoms with van der Waals surface area (Å²) in [6, 6.07) is 0. The van der Waals surface area contributed by atoms with Crippen molar-refractivity contribution in [3.8, 4) is 0 Å². The summed E-state index contributed by atoms with van der Waals surface area (Å²) in [5.74, 6) is 0.213. The molecule has 20 heavy (non-hydrogen) atoms. The average Bonchev–Trinajstić information content (AvgIpc) is 2.81. The molecule has 2 aliphatic rings. The van der Waals surface area contributed by atoms with Crippen LogP contribution in [0.5, 0.6) is 0 Å². The van der Waals surface area contributed by atoms with Gasteiger partial charge in [0.25, 0.3) is 0 Å². The van der Waals surface area contributed by atoms with Crippen LogP contribution in [-0.4, -0.2) is 37.5 Å². The molecule has 0 amide bonds. The number of hydrogen-bond acceptors (Lipinski definition) is 3. The van der Waals surface area contributed by atoms with Gasteiger partial charge in [0.2, 0.25) is 0 Å². The van der Waals surface area contributed by atoms with Crippen molar-refractivity contribution in [2.24, 2.45) is 10.7 Å². The van der Waals surface area contributed by atoms with Gasteiger partial charge in [-0.25, -0.2) is 0 Å². The number of nitrogens with zero attached hydrogens (tertiary/aromatic N) is 1. The zero-order chi connectivity index (χ0) is 13.6. The Hall–Kier alpha value is -0.0800. The molecule has 6 heteroatoms. The molecule has 118 valence electrons. The number of halogens is 1. The van der Waals surface area contributed by atoms with Crippen LogP contribution in [0.15, 0.2) is 4.99 Å². The molecule has 1 unspecified atom stereocenters. The van der Waals surface area contributed by atoms with Gasteiger partial charge in [0.15, 0.2) is 11.7 Å². The molecule has 1 saturated heterocycles. The first-order valence-corrected chi connectivity index (χ1v) is 7.60. The molecular formula is C14H28IN3O2. The molecule has 2 rings (SSSR count). The SMILES string of the molecule is CCCCNC(N)=NCC1COC2(CCCCC2)O1.I. The van der Waals surface area contributed by atoms with Gasteiger partial charge < -0.3 is 20.5 Å². The van der Waals surface area contributed by atoms with E-state index in [1.54, 1.807) is 0 Å². The van der Waals surface area contributed by atoms with E-state index in [-0.39, 0.29) is 35.9 Å². The van der Waals surface area contributed by atoms with Crippen molar-refractivity contribution < 1.29 is 9.47 Å². The minimum Gasteiger partial charge on any atom is -0.370 e. The molecule has 0 aromatic heterocycles. The average molecular weight is 397 g/mol. The van der Waals surface area contributed by atoms with Crippen LogP contribution in [0.4, 0.5) is 0 Å². The van der Waals surface area contributed by atoms with Gasteiger partial charge in [0.1, 0.15) is 6.10 Å². The molecule has 5 nitrogen and oxygen atoms in total. The fourth-order valence-corrected chi connectivity index (χ4v) is 2.71. The fourth-order valence-electron chi connectivity index (χ4n) is 2.71. The van der Waals surface area contributed by atoms with E-state index in [1.807, 2.05) is 0 Å². The summed E-state index contributed by atoms with van der Waals surface area (Å²) in [6.45, 7) is 4.28. The highest BCUT2D eigenvalue weighted by molar-refractivity contribution is 14.0. The summed E-state index contributed by atoms with van der Waals surface area (Å²) in [7, 11) is 0. The molecular weight excluding hydrogens is 369 g/mol. The topological polar surface area (TPSA) is 68.9 Å². The van der Waals surface area contributed by atoms with Gasteiger partial charge >= 0.3 is 0 Å². The summed E-state index contributed by atoms with van der Waals surface area (Å²) >= 11 is 0. The lowest BCUT2D eigenvalue weighted by Crippen LogP contribution is -2.35. The summed E-state index contributed by atoms with van der Waals surface area (Å²) in [5.41, 5.74) is 5.81. The maximum absolute atomic E-state index is 6.05. The number of unbranched alkanes of at least 4 members (excludes halogenated alkanes) is 1. The maximum Gasteiger partial charge on any atom is 0.188 e. The maximum atomic E-state index is 6.05. The second-order valence-electron chi connectivity index (χ2n) is 5.53. The molecule has 1 aliphatic heterocycles. The Balaban J connectivity index is 0.00000200. The van der Waals surface area contributed by atoms with Gasteiger partial charge in [0.05, 0.1) is 13.2 Å². The lowest BCUT2D eigenvalue weighted by molar-refractivity contribution is -0.186. The molecule has 1 heterocycles. The Labute approximate surface area is 139 Å². The zero-order valence-corrected chi connectivity index (χ0v) is 14.7. The van der Waals surface area contributed by atoms with E-state index in [0.717, 1.165) is 32.2 Å². The highest BCUT2D eigenvalue weighted by atomic mass is 127. The number of guanidine groups is 1. The van der Waals surface area contributed by atoms with E-state index in [0.29, 0.717) is 19.1 Å². The molecule has 0 bridgehead atoms. The van der Waals surface area contributed by atoms with E-state index >= 15 is 0 Å². The molecule has 1 atom stereocenters. The van der Waals surface area contributed by atoms with Crippen LogP contribution in [0, 0.1) is 0 Å². The number of hydrogen-bond donors (Lipinski definition) is 2. The van der Waals surface area contributed by atoms with Crippen molar-refractivity contribution >= 4 is 29.9 Å². The first-order valence-electron chi connectivity index (χ1n) is 7.60. The van der Waals surface area contributed by atoms with Gasteiger partial charge in [-0.1, -0.05) is 19.8 Å². The van der Waals surface area contributed by atoms with E-state index in [1.165, 1.54) is 19.3 Å². The molecule has 0 radical (unpaired) electrons. The van der Waals surface area contributed by atoms with E-state index in [9.17, 15) is 0 Å². The van der Waals surface area contributed by atoms with Crippen LogP contribution in [-0.2, 0) is 9.47 Å². The second kappa shape index (κ2) is 9.04. The third-order valence-corrected chi connectivity index (χ3v) is 3.83. The van der Waals surface area contributed by atoms with Crippen molar-refractivity contribution in [1.82, 2.24) is 5.32 Å². The molecule has 1 spiro atoms. The Morgan fingerprint density at radius 3 is 2.80 bits per heavy atom. The van der Waals surface area contributed by atoms with Crippen molar-refractivity contribution in [3.05, 3.63) is 0 Å². The Morgan fingerprint density at radius 2 is 2.10 bits per heavy atom. The fraction of sp³-hybridized carbons (Fsp3) is 0.929. The Bertz CT molecular complexity index is 307. The molecule has 0 aromatic carbocycles. The summed E-state index contributed by atoms with van der Waals surface area (Å²) in [6.07, 6.45) is 8.09. The summed E-state index contributed by atoms with van der Waals surface area (Å²) in [4.78, 5) is 4.33. The second-order valence-corrected chi connectivity index (χ2v) is 5.53. The normalized spacial score (nSPS) is 25.4. The predicted octanol–water partition coefficient (Wildman–Crippen LogP) is 2.38. The van der Waals surface area contributed by atoms with E-state index < -0.39 is 0 Å². The zero-order valence-electron chi connectivity index (χ0n) is 12.4. The predicted molar refractivity (Wildman–Crippen MR) is 91.5 cm³/mol. The van der Waals surface area contributed by atoms with Crippen LogP contribution in [0.1, 0.15) is 51.9 Å². The number of rotatable bonds is 5. The highest BCUT2D eigenvalue weighted by Crippen LogP contribution is 2.37. The standard InChI is InChI=1S/C14H27N3O2.HI/c1-2-3-9-16-13(15)17-10-12-11-18-14(19-12)7-5-4-6-8-14;/h12H,2-11H2,1H3,(H3,15,16,17);1H. The molecule has 1 aliphatic carbocycles. The Kier molecular flexibility index (Phi) is 8.13. The van der Waals surface area contributed by atoms with Gasteiger partial charge in [0, 0.05) is 19.4 Å². The van der Waals surface area contributed by atoms with Gasteiger partial charge in [-0.3, -0.25) is 4.99 Å². The molecule has 2 fully saturated rings. The Morgan fingerprint density at radius 1 is 1.35 bits per heavy atom. The van der Waals surface area contributed by atoms with Crippen molar-refractivity contribution in [3.63, 3.8) is 0 Å². The van der Waals surface area contributed by atoms with Gasteiger partial charge in [-0.15, -0.1) is 24.0 Å². The third-order valence-electron chi connectivity index (χ3n) is 3.83. The molecule has 3 N–H and O–H groups in total. The highest BCUT2D eigenvalue weighted by Gasteiger charge is 2.41. The minimum atomic E-state index is -0.303. The third kappa shape index (κ3) is 5.37. The minimum absolute atomic E-state index is 0. The van der Waals surface area contributed by atoms with E-state index in [2.05, 4.69) is 17.2 Å². The van der Waals surface area contributed by atoms with Gasteiger partial charge in [-0.05, 0) is 19.3 Å². The lowest BCUT2D eigenvalue weighted by atomic mass is 9.94. The number of nitrogens with two attached hydrogens (primary N) is 1. The monoisotopic (exact) mass is 397 g/mol. The molecule has 0 aromatic rings. The largest absolute Gasteiger partial charge is 0.370 e. The first-order chi connectivity index (χ1) is 9.24. The number of nitrogens with one attached hydrogen (secondary N) is 1. The number of ether oxygens (including phenoxy) is 2. The van der Waals surface area contributed by atoms with Crippen molar-refractivity contribution in [1.29, 1.82) is 0 Å². The quantitative estimate of drug-likeness (QED) is 0.324. The van der Waals surface area contributed by atoms with Crippen LogP contribution >= 0.6 is 24.0 Å². The summed E-state index contributed by atoms with van der Waals surface area (Å²) < 4.78 is 11.9. The van der Waals surface area contributed by atoms with Crippen molar-refractivity contribution in [2.75, 3.05) is 19.7 Å². The van der Waals surface area contributed by atoms with Gasteiger partial charge in [-0.2, -0.15) is 0 Å². The van der Waals surface area contributed by atoms with E-state index in [4.69, 9.17) is 15.2 Å². The lowest BCUT2D eigenvalue weighted by Gasteiger charge is -2.31. The molecule has 1 saturated carbocycles. The van der Waals surface area contributed by atoms with Crippen LogP contribution < -0.4 is 11.1 Å². The summed E-state index contributed by atoms with van der Waals surface area (Å²) in [5, 5.41) is 3.11. The van der Waals surface area contributed by atoms with Crippen LogP contribution in [0.3, 0.4) is 0 Å². The van der Waals surface area contributed by atoms with Crippen molar-refractivity contribution in [2.45, 2.75) is 63.8 Å².